The van der Waals surface area contributed by atoms with Gasteiger partial charge in [0.05, 0.1) is 26.7 Å². The molecule has 1 aliphatic rings. The summed E-state index contributed by atoms with van der Waals surface area (Å²) < 4.78 is 9.17. The second-order valence-electron chi connectivity index (χ2n) is 3.32. The van der Waals surface area contributed by atoms with Crippen LogP contribution in [0.1, 0.15) is 6.42 Å². The summed E-state index contributed by atoms with van der Waals surface area (Å²) in [7, 11) is 2.74. The van der Waals surface area contributed by atoms with Crippen LogP contribution in [0.5, 0.6) is 0 Å². The van der Waals surface area contributed by atoms with Gasteiger partial charge in [-0.2, -0.15) is 0 Å². The summed E-state index contributed by atoms with van der Waals surface area (Å²) in [6.07, 6.45) is 0.754. The summed E-state index contributed by atoms with van der Waals surface area (Å²) >= 11 is 0. The molecule has 0 aliphatic carbocycles. The van der Waals surface area contributed by atoms with Crippen LogP contribution < -0.4 is 0 Å². The van der Waals surface area contributed by atoms with Crippen molar-refractivity contribution in [3.63, 3.8) is 0 Å². The molecular weight excluding hydrogens is 186 g/mol. The monoisotopic (exact) mass is 201 g/mol. The lowest BCUT2D eigenvalue weighted by molar-refractivity contribution is -0.146. The van der Waals surface area contributed by atoms with Crippen LogP contribution in [0, 0.1) is 5.92 Å². The predicted molar refractivity (Wildman–Crippen MR) is 48.6 cm³/mol. The van der Waals surface area contributed by atoms with Gasteiger partial charge < -0.3 is 9.47 Å². The van der Waals surface area contributed by atoms with Crippen molar-refractivity contribution in [3.05, 3.63) is 0 Å². The second-order valence-corrected chi connectivity index (χ2v) is 3.32. The Morgan fingerprint density at radius 1 is 1.36 bits per heavy atom. The number of methoxy groups -OCH3 is 2. The molecule has 1 aliphatic heterocycles. The predicted octanol–water partition coefficient (Wildman–Crippen LogP) is -0.346. The Morgan fingerprint density at radius 3 is 2.64 bits per heavy atom. The average molecular weight is 201 g/mol. The molecule has 0 aromatic heterocycles. The van der Waals surface area contributed by atoms with Crippen LogP contribution >= 0.6 is 0 Å². The Bertz CT molecular complexity index is 229. The number of ether oxygens (including phenoxy) is 2. The van der Waals surface area contributed by atoms with Gasteiger partial charge in [0.15, 0.2) is 0 Å². The zero-order chi connectivity index (χ0) is 10.6. The largest absolute Gasteiger partial charge is 0.469 e. The first kappa shape index (κ1) is 11.0. The molecule has 1 unspecified atom stereocenters. The maximum absolute atomic E-state index is 11.1. The van der Waals surface area contributed by atoms with Crippen LogP contribution in [0.25, 0.3) is 0 Å². The van der Waals surface area contributed by atoms with Gasteiger partial charge in [-0.1, -0.05) is 0 Å². The summed E-state index contributed by atoms with van der Waals surface area (Å²) in [5, 5.41) is 0. The maximum atomic E-state index is 11.1. The molecule has 1 saturated heterocycles. The molecular formula is C9H15NO4. The van der Waals surface area contributed by atoms with Gasteiger partial charge in [0.1, 0.15) is 0 Å². The van der Waals surface area contributed by atoms with E-state index in [-0.39, 0.29) is 24.4 Å². The third-order valence-corrected chi connectivity index (χ3v) is 2.39. The normalized spacial score (nSPS) is 22.0. The number of carbonyl (C=O) groups is 2. The zero-order valence-corrected chi connectivity index (χ0v) is 8.49. The van der Waals surface area contributed by atoms with Crippen LogP contribution in [0.3, 0.4) is 0 Å². The SMILES string of the molecule is COC(=O)CN1CCC(C(=O)OC)C1. The first-order valence-electron chi connectivity index (χ1n) is 4.54. The summed E-state index contributed by atoms with van der Waals surface area (Å²) in [6.45, 7) is 1.58. The lowest BCUT2D eigenvalue weighted by Gasteiger charge is -2.13. The van der Waals surface area contributed by atoms with Crippen molar-refractivity contribution in [2.24, 2.45) is 5.92 Å². The average Bonchev–Trinajstić information content (AvgIpc) is 2.65. The molecule has 1 atom stereocenters. The molecule has 0 saturated carbocycles. The first-order chi connectivity index (χ1) is 6.67. The number of nitrogens with zero attached hydrogens (tertiary/aromatic N) is 1. The van der Waals surface area contributed by atoms with Gasteiger partial charge in [0.25, 0.3) is 0 Å². The van der Waals surface area contributed by atoms with Crippen LogP contribution in [0.15, 0.2) is 0 Å². The fourth-order valence-corrected chi connectivity index (χ4v) is 1.58. The third-order valence-electron chi connectivity index (χ3n) is 2.39. The minimum atomic E-state index is -0.268. The standard InChI is InChI=1S/C9H15NO4/c1-13-8(11)6-10-4-3-7(5-10)9(12)14-2/h7H,3-6H2,1-2H3. The summed E-state index contributed by atoms with van der Waals surface area (Å²) in [4.78, 5) is 24.0. The number of rotatable bonds is 3. The minimum absolute atomic E-state index is 0.0929. The fraction of sp³-hybridized carbons (Fsp3) is 0.778. The Kier molecular flexibility index (Phi) is 3.88. The molecule has 1 heterocycles. The molecule has 5 nitrogen and oxygen atoms in total. The van der Waals surface area contributed by atoms with E-state index in [0.29, 0.717) is 6.54 Å². The minimum Gasteiger partial charge on any atom is -0.469 e. The Labute approximate surface area is 83.0 Å². The van der Waals surface area contributed by atoms with Crippen molar-refractivity contribution < 1.29 is 19.1 Å². The van der Waals surface area contributed by atoms with Crippen LogP contribution in [-0.2, 0) is 19.1 Å². The third kappa shape index (κ3) is 2.70. The highest BCUT2D eigenvalue weighted by Gasteiger charge is 2.29. The zero-order valence-electron chi connectivity index (χ0n) is 8.49. The van der Waals surface area contributed by atoms with Gasteiger partial charge in [-0.15, -0.1) is 0 Å². The molecule has 5 heteroatoms. The lowest BCUT2D eigenvalue weighted by Crippen LogP contribution is -2.29. The summed E-state index contributed by atoms with van der Waals surface area (Å²) in [6, 6.07) is 0. The Balaban J connectivity index is 2.34. The van der Waals surface area contributed by atoms with E-state index in [2.05, 4.69) is 9.47 Å². The molecule has 0 radical (unpaired) electrons. The van der Waals surface area contributed by atoms with Crippen LogP contribution in [-0.4, -0.2) is 50.7 Å². The van der Waals surface area contributed by atoms with Crippen LogP contribution in [0.4, 0.5) is 0 Å². The Hall–Kier alpha value is -1.10. The van der Waals surface area contributed by atoms with Gasteiger partial charge in [0, 0.05) is 6.54 Å². The first-order valence-corrected chi connectivity index (χ1v) is 4.54. The van der Waals surface area contributed by atoms with Crippen LogP contribution in [0.2, 0.25) is 0 Å². The number of likely N-dealkylation sites (tertiary alicyclic amines) is 1. The van der Waals surface area contributed by atoms with Crippen molar-refractivity contribution in [2.45, 2.75) is 6.42 Å². The highest BCUT2D eigenvalue weighted by atomic mass is 16.5. The number of hydrogen-bond acceptors (Lipinski definition) is 5. The van der Waals surface area contributed by atoms with Crippen molar-refractivity contribution in [3.8, 4) is 0 Å². The van der Waals surface area contributed by atoms with Crippen molar-refractivity contribution >= 4 is 11.9 Å². The van der Waals surface area contributed by atoms with E-state index in [4.69, 9.17) is 0 Å². The highest BCUT2D eigenvalue weighted by molar-refractivity contribution is 5.74. The molecule has 0 aromatic rings. The van der Waals surface area contributed by atoms with E-state index in [1.807, 2.05) is 4.90 Å². The van der Waals surface area contributed by atoms with E-state index in [0.717, 1.165) is 13.0 Å². The molecule has 0 amide bonds. The Morgan fingerprint density at radius 2 is 2.07 bits per heavy atom. The quantitative estimate of drug-likeness (QED) is 0.584. The number of hydrogen-bond donors (Lipinski definition) is 0. The maximum Gasteiger partial charge on any atom is 0.319 e. The number of esters is 2. The van der Waals surface area contributed by atoms with E-state index >= 15 is 0 Å². The van der Waals surface area contributed by atoms with Gasteiger partial charge in [-0.3, -0.25) is 14.5 Å². The molecule has 14 heavy (non-hydrogen) atoms. The second kappa shape index (κ2) is 4.95. The van der Waals surface area contributed by atoms with Crippen molar-refractivity contribution in [1.29, 1.82) is 0 Å². The fourth-order valence-electron chi connectivity index (χ4n) is 1.58. The van der Waals surface area contributed by atoms with Gasteiger partial charge in [0.2, 0.25) is 0 Å². The summed E-state index contributed by atoms with van der Waals surface area (Å²) in [5.41, 5.74) is 0. The number of carbonyl (C=O) groups excluding carboxylic acids is 2. The molecule has 0 spiro atoms. The summed E-state index contributed by atoms with van der Waals surface area (Å²) in [5.74, 6) is -0.558. The van der Waals surface area contributed by atoms with E-state index in [1.54, 1.807) is 0 Å². The van der Waals surface area contributed by atoms with E-state index < -0.39 is 0 Å². The molecule has 1 fully saturated rings. The molecule has 1 rings (SSSR count). The molecule has 0 N–H and O–H groups in total. The molecule has 0 aromatic carbocycles. The smallest absolute Gasteiger partial charge is 0.319 e. The van der Waals surface area contributed by atoms with Gasteiger partial charge in [-0.05, 0) is 13.0 Å². The van der Waals surface area contributed by atoms with Crippen molar-refractivity contribution in [2.75, 3.05) is 33.9 Å². The molecule has 80 valence electrons. The molecule has 0 bridgehead atoms. The lowest BCUT2D eigenvalue weighted by atomic mass is 10.1. The van der Waals surface area contributed by atoms with Gasteiger partial charge in [-0.25, -0.2) is 0 Å². The topological polar surface area (TPSA) is 55.8 Å². The highest BCUT2D eigenvalue weighted by Crippen LogP contribution is 2.16. The van der Waals surface area contributed by atoms with Crippen molar-refractivity contribution in [1.82, 2.24) is 4.90 Å². The van der Waals surface area contributed by atoms with Gasteiger partial charge >= 0.3 is 11.9 Å². The van der Waals surface area contributed by atoms with E-state index in [9.17, 15) is 9.59 Å². The van der Waals surface area contributed by atoms with E-state index in [1.165, 1.54) is 14.2 Å².